The van der Waals surface area contributed by atoms with Gasteiger partial charge in [0.2, 0.25) is 0 Å². The predicted octanol–water partition coefficient (Wildman–Crippen LogP) is 1.86. The molecule has 0 aliphatic carbocycles. The summed E-state index contributed by atoms with van der Waals surface area (Å²) in [5.41, 5.74) is 0.960. The van der Waals surface area contributed by atoms with Crippen LogP contribution in [0, 0.1) is 0 Å². The number of benzene rings is 1. The zero-order chi connectivity index (χ0) is 16.4. The second kappa shape index (κ2) is 4.53. The van der Waals surface area contributed by atoms with Gasteiger partial charge < -0.3 is 23.4 Å². The van der Waals surface area contributed by atoms with Crippen LogP contribution in [0.5, 0.6) is 11.5 Å². The van der Waals surface area contributed by atoms with E-state index in [1.807, 2.05) is 6.08 Å². The topological polar surface area (TPSA) is 84.2 Å². The van der Waals surface area contributed by atoms with Crippen LogP contribution in [0.3, 0.4) is 0 Å². The van der Waals surface area contributed by atoms with Crippen molar-refractivity contribution in [3.63, 3.8) is 0 Å². The lowest BCUT2D eigenvalue weighted by Gasteiger charge is -2.18. The molecule has 5 rings (SSSR count). The normalized spacial score (nSPS) is 23.1. The molecule has 1 aromatic heterocycles. The summed E-state index contributed by atoms with van der Waals surface area (Å²) in [5.74, 6) is 0.223. The molecule has 0 fully saturated rings. The van der Waals surface area contributed by atoms with Gasteiger partial charge in [-0.15, -0.1) is 0 Å². The molecule has 2 atom stereocenters. The summed E-state index contributed by atoms with van der Waals surface area (Å²) >= 11 is 0. The van der Waals surface area contributed by atoms with E-state index < -0.39 is 17.9 Å². The molecule has 0 saturated heterocycles. The van der Waals surface area contributed by atoms with Gasteiger partial charge in [0.15, 0.2) is 0 Å². The van der Waals surface area contributed by atoms with Crippen molar-refractivity contribution >= 4 is 16.9 Å². The first kappa shape index (κ1) is 13.5. The van der Waals surface area contributed by atoms with Crippen molar-refractivity contribution in [1.82, 2.24) is 0 Å². The molecule has 0 amide bonds. The number of fused-ring (bicyclic) bond motifs is 7. The van der Waals surface area contributed by atoms with Crippen LogP contribution in [0.25, 0.3) is 11.0 Å². The minimum atomic E-state index is -0.705. The van der Waals surface area contributed by atoms with E-state index in [1.54, 1.807) is 12.3 Å². The number of esters is 1. The first-order valence-electron chi connectivity index (χ1n) is 7.55. The lowest BCUT2D eigenvalue weighted by Crippen LogP contribution is -2.26. The third kappa shape index (κ3) is 1.56. The SMILES string of the molecule is COc1cc2c(c3oc(=O)c4c(c13)CCOC4=O)C1C=COC1O2. The molecule has 0 saturated carbocycles. The Labute approximate surface area is 135 Å². The number of rotatable bonds is 1. The summed E-state index contributed by atoms with van der Waals surface area (Å²) in [4.78, 5) is 24.4. The quantitative estimate of drug-likeness (QED) is 0.583. The number of ether oxygens (including phenoxy) is 4. The second-order valence-electron chi connectivity index (χ2n) is 5.80. The van der Waals surface area contributed by atoms with E-state index in [4.69, 9.17) is 23.4 Å². The highest BCUT2D eigenvalue weighted by Gasteiger charge is 2.41. The van der Waals surface area contributed by atoms with Crippen LogP contribution >= 0.6 is 0 Å². The van der Waals surface area contributed by atoms with Crippen LogP contribution in [-0.4, -0.2) is 26.0 Å². The first-order chi connectivity index (χ1) is 11.7. The molecule has 122 valence electrons. The van der Waals surface area contributed by atoms with Gasteiger partial charge in [-0.2, -0.15) is 0 Å². The van der Waals surface area contributed by atoms with E-state index in [-0.39, 0.29) is 18.1 Å². The Morgan fingerprint density at radius 3 is 3.00 bits per heavy atom. The van der Waals surface area contributed by atoms with Crippen molar-refractivity contribution in [1.29, 1.82) is 0 Å². The lowest BCUT2D eigenvalue weighted by molar-refractivity contribution is -0.00485. The average molecular weight is 328 g/mol. The lowest BCUT2D eigenvalue weighted by atomic mass is 9.93. The maximum atomic E-state index is 12.4. The zero-order valence-electron chi connectivity index (χ0n) is 12.7. The molecule has 4 heterocycles. The van der Waals surface area contributed by atoms with E-state index in [0.29, 0.717) is 34.5 Å². The number of cyclic esters (lactones) is 1. The second-order valence-corrected chi connectivity index (χ2v) is 5.80. The highest BCUT2D eigenvalue weighted by molar-refractivity contribution is 6.01. The average Bonchev–Trinajstić information content (AvgIpc) is 3.14. The molecule has 0 radical (unpaired) electrons. The number of methoxy groups -OCH3 is 1. The summed E-state index contributed by atoms with van der Waals surface area (Å²) in [7, 11) is 1.52. The van der Waals surface area contributed by atoms with Gasteiger partial charge in [0.1, 0.15) is 22.6 Å². The summed E-state index contributed by atoms with van der Waals surface area (Å²) in [6.45, 7) is 0.218. The highest BCUT2D eigenvalue weighted by atomic mass is 16.7. The summed E-state index contributed by atoms with van der Waals surface area (Å²) < 4.78 is 27.1. The van der Waals surface area contributed by atoms with Gasteiger partial charge in [-0.3, -0.25) is 0 Å². The van der Waals surface area contributed by atoms with Crippen molar-refractivity contribution in [2.75, 3.05) is 13.7 Å². The molecular weight excluding hydrogens is 316 g/mol. The number of carbonyl (C=O) groups excluding carboxylic acids is 1. The van der Waals surface area contributed by atoms with Crippen LogP contribution in [-0.2, 0) is 15.9 Å². The third-order valence-corrected chi connectivity index (χ3v) is 4.63. The fraction of sp³-hybridized carbons (Fsp3) is 0.294. The maximum absolute atomic E-state index is 12.4. The maximum Gasteiger partial charge on any atom is 0.351 e. The van der Waals surface area contributed by atoms with Crippen molar-refractivity contribution < 1.29 is 28.2 Å². The summed E-state index contributed by atoms with van der Waals surface area (Å²) in [6, 6.07) is 1.74. The Morgan fingerprint density at radius 2 is 2.17 bits per heavy atom. The smallest absolute Gasteiger partial charge is 0.351 e. The predicted molar refractivity (Wildman–Crippen MR) is 80.4 cm³/mol. The Morgan fingerprint density at radius 1 is 1.29 bits per heavy atom. The van der Waals surface area contributed by atoms with Crippen LogP contribution in [0.2, 0.25) is 0 Å². The van der Waals surface area contributed by atoms with Crippen molar-refractivity contribution in [2.24, 2.45) is 0 Å². The number of carbonyl (C=O) groups is 1. The van der Waals surface area contributed by atoms with Crippen molar-refractivity contribution in [3.05, 3.63) is 45.5 Å². The molecule has 0 bridgehead atoms. The molecule has 7 heteroatoms. The molecule has 2 unspecified atom stereocenters. The number of hydrogen-bond acceptors (Lipinski definition) is 7. The summed E-state index contributed by atoms with van der Waals surface area (Å²) in [5, 5.41) is 0.618. The van der Waals surface area contributed by atoms with Crippen molar-refractivity contribution in [3.8, 4) is 11.5 Å². The minimum absolute atomic E-state index is 0.0549. The van der Waals surface area contributed by atoms with Gasteiger partial charge in [0.05, 0.1) is 36.8 Å². The molecule has 3 aliphatic rings. The van der Waals surface area contributed by atoms with Crippen LogP contribution in [0.15, 0.2) is 27.6 Å². The fourth-order valence-corrected chi connectivity index (χ4v) is 3.60. The van der Waals surface area contributed by atoms with E-state index >= 15 is 0 Å². The molecule has 1 aromatic carbocycles. The summed E-state index contributed by atoms with van der Waals surface area (Å²) in [6.07, 6.45) is 3.39. The monoisotopic (exact) mass is 328 g/mol. The van der Waals surface area contributed by atoms with Gasteiger partial charge in [-0.25, -0.2) is 9.59 Å². The third-order valence-electron chi connectivity index (χ3n) is 4.63. The highest BCUT2D eigenvalue weighted by Crippen LogP contribution is 2.49. The Kier molecular flexibility index (Phi) is 2.54. The zero-order valence-corrected chi connectivity index (χ0v) is 12.7. The standard InChI is InChI=1S/C17H12O7/c1-20-9-6-10-12(8-3-5-22-17(8)23-10)14-11(9)7-2-4-21-15(18)13(7)16(19)24-14/h3,5-6,8,17H,2,4H2,1H3. The largest absolute Gasteiger partial charge is 0.496 e. The molecule has 2 aromatic rings. The molecular formula is C17H12O7. The first-order valence-corrected chi connectivity index (χ1v) is 7.55. The molecule has 3 aliphatic heterocycles. The molecule has 7 nitrogen and oxygen atoms in total. The van der Waals surface area contributed by atoms with E-state index in [2.05, 4.69) is 0 Å². The van der Waals surface area contributed by atoms with E-state index in [0.717, 1.165) is 5.56 Å². The van der Waals surface area contributed by atoms with Crippen LogP contribution in [0.1, 0.15) is 27.4 Å². The van der Waals surface area contributed by atoms with Crippen LogP contribution < -0.4 is 15.1 Å². The van der Waals surface area contributed by atoms with Gasteiger partial charge in [0.25, 0.3) is 6.29 Å². The molecule has 0 spiro atoms. The Balaban J connectivity index is 1.93. The van der Waals surface area contributed by atoms with Crippen molar-refractivity contribution in [2.45, 2.75) is 18.6 Å². The van der Waals surface area contributed by atoms with E-state index in [9.17, 15) is 9.59 Å². The Bertz CT molecular complexity index is 985. The fourth-order valence-electron chi connectivity index (χ4n) is 3.60. The van der Waals surface area contributed by atoms with Gasteiger partial charge in [0, 0.05) is 12.5 Å². The van der Waals surface area contributed by atoms with E-state index in [1.165, 1.54) is 7.11 Å². The number of hydrogen-bond donors (Lipinski definition) is 0. The molecule has 24 heavy (non-hydrogen) atoms. The Hall–Kier alpha value is -2.96. The van der Waals surface area contributed by atoms with Gasteiger partial charge >= 0.3 is 11.6 Å². The van der Waals surface area contributed by atoms with Gasteiger partial charge in [-0.1, -0.05) is 0 Å². The minimum Gasteiger partial charge on any atom is -0.496 e. The van der Waals surface area contributed by atoms with Crippen LogP contribution in [0.4, 0.5) is 0 Å². The molecule has 0 N–H and O–H groups in total. The van der Waals surface area contributed by atoms with Gasteiger partial charge in [-0.05, 0) is 11.6 Å².